The van der Waals surface area contributed by atoms with E-state index in [4.69, 9.17) is 0 Å². The molecule has 2 aliphatic rings. The van der Waals surface area contributed by atoms with E-state index in [1.807, 2.05) is 0 Å². The van der Waals surface area contributed by atoms with Crippen molar-refractivity contribution >= 4 is 17.2 Å². The monoisotopic (exact) mass is 127 g/mol. The van der Waals surface area contributed by atoms with Crippen molar-refractivity contribution in [3.63, 3.8) is 0 Å². The third-order valence-corrected chi connectivity index (χ3v) is 1.94. The molecule has 4 heteroatoms. The second kappa shape index (κ2) is 0.925. The molecule has 8 heavy (non-hydrogen) atoms. The molecule has 0 radical (unpaired) electrons. The molecule has 0 fully saturated rings. The van der Waals surface area contributed by atoms with E-state index in [0.29, 0.717) is 4.88 Å². The predicted octanol–water partition coefficient (Wildman–Crippen LogP) is -0.0883. The average Bonchev–Trinajstić information content (AvgIpc) is 2.19. The fraction of sp³-hybridized carbons (Fsp3) is 0. The Hall–Kier alpha value is -0.900. The first-order valence-corrected chi connectivity index (χ1v) is 2.88. The minimum absolute atomic E-state index is 0.139. The van der Waals surface area contributed by atoms with E-state index in [9.17, 15) is 9.59 Å². The van der Waals surface area contributed by atoms with Crippen LogP contribution in [0.1, 0.15) is 9.67 Å². The minimum atomic E-state index is -0.162. The molecule has 2 bridgehead atoms. The lowest BCUT2D eigenvalue weighted by Crippen LogP contribution is -2.23. The summed E-state index contributed by atoms with van der Waals surface area (Å²) in [4.78, 5) is 21.3. The van der Waals surface area contributed by atoms with Gasteiger partial charge < -0.3 is 0 Å². The maximum absolute atomic E-state index is 10.5. The number of aromatic nitrogens is 1. The van der Waals surface area contributed by atoms with Crippen molar-refractivity contribution in [1.82, 2.24) is 4.57 Å². The highest BCUT2D eigenvalue weighted by Gasteiger charge is 2.25. The molecule has 1 aromatic rings. The number of hydrogen-bond acceptors (Lipinski definition) is 3. The summed E-state index contributed by atoms with van der Waals surface area (Å²) in [6, 6.07) is 0. The van der Waals surface area contributed by atoms with E-state index in [-0.39, 0.29) is 10.8 Å². The summed E-state index contributed by atoms with van der Waals surface area (Å²) in [5.41, 5.74) is 0. The van der Waals surface area contributed by atoms with Crippen LogP contribution in [0.5, 0.6) is 0 Å². The first-order valence-electron chi connectivity index (χ1n) is 2.06. The number of nitrogens with zero attached hydrogens (tertiary/aromatic N) is 1. The van der Waals surface area contributed by atoms with Crippen LogP contribution < -0.4 is 4.87 Å². The Morgan fingerprint density at radius 3 is 2.38 bits per heavy atom. The largest absolute Gasteiger partial charge is 0.314 e. The molecule has 0 atom stereocenters. The zero-order chi connectivity index (χ0) is 5.72. The number of carbonyl (C=O) groups is 1. The van der Waals surface area contributed by atoms with E-state index in [2.05, 4.69) is 0 Å². The van der Waals surface area contributed by atoms with Gasteiger partial charge in [0.25, 0.3) is 5.91 Å². The topological polar surface area (TPSA) is 39.1 Å². The van der Waals surface area contributed by atoms with Crippen molar-refractivity contribution in [1.29, 1.82) is 0 Å². The van der Waals surface area contributed by atoms with Crippen LogP contribution in [0.25, 0.3) is 0 Å². The lowest BCUT2D eigenvalue weighted by Gasteiger charge is -1.99. The molecule has 1 aromatic heterocycles. The molecule has 0 saturated heterocycles. The molecule has 0 unspecified atom stereocenters. The standard InChI is InChI=1S/C4HNO2S/c6-3-2-1-5(3)4(7)8-2/h1H. The number of hydrogen-bond donors (Lipinski definition) is 0. The van der Waals surface area contributed by atoms with Gasteiger partial charge in [0.2, 0.25) is 0 Å². The Morgan fingerprint density at radius 1 is 1.50 bits per heavy atom. The SMILES string of the molecule is O=C1c2cn1c(=O)s2. The molecular weight excluding hydrogens is 126 g/mol. The van der Waals surface area contributed by atoms with Crippen molar-refractivity contribution in [3.8, 4) is 0 Å². The molecule has 3 heterocycles. The summed E-state index contributed by atoms with van der Waals surface area (Å²) in [6.45, 7) is 0. The van der Waals surface area contributed by atoms with Crippen LogP contribution in [0.3, 0.4) is 0 Å². The van der Waals surface area contributed by atoms with Crippen LogP contribution in [0.15, 0.2) is 11.0 Å². The van der Waals surface area contributed by atoms with Crippen LogP contribution in [0, 0.1) is 0 Å². The predicted molar refractivity (Wildman–Crippen MR) is 28.3 cm³/mol. The highest BCUT2D eigenvalue weighted by molar-refractivity contribution is 7.12. The minimum Gasteiger partial charge on any atom is -0.267 e. The summed E-state index contributed by atoms with van der Waals surface area (Å²) >= 11 is 1.00. The van der Waals surface area contributed by atoms with Crippen molar-refractivity contribution in [2.24, 2.45) is 0 Å². The maximum Gasteiger partial charge on any atom is 0.314 e. The van der Waals surface area contributed by atoms with Crippen molar-refractivity contribution < 1.29 is 4.79 Å². The second-order valence-corrected chi connectivity index (χ2v) is 2.53. The Morgan fingerprint density at radius 2 is 2.25 bits per heavy atom. The Balaban J connectivity index is 3.01. The fourth-order valence-electron chi connectivity index (χ4n) is 0.633. The van der Waals surface area contributed by atoms with Gasteiger partial charge in [-0.3, -0.25) is 9.59 Å². The van der Waals surface area contributed by atoms with Crippen LogP contribution in [-0.4, -0.2) is 10.5 Å². The zero-order valence-corrected chi connectivity index (χ0v) is 4.57. The Labute approximate surface area is 48.2 Å². The summed E-state index contributed by atoms with van der Waals surface area (Å²) < 4.78 is 1.11. The van der Waals surface area contributed by atoms with Gasteiger partial charge in [-0.05, 0) is 0 Å². The molecule has 0 aromatic carbocycles. The number of rotatable bonds is 0. The van der Waals surface area contributed by atoms with Crippen molar-refractivity contribution in [2.75, 3.05) is 0 Å². The first kappa shape index (κ1) is 4.03. The maximum atomic E-state index is 10.5. The number of fused-ring (bicyclic) bond motifs is 1. The van der Waals surface area contributed by atoms with Crippen molar-refractivity contribution in [3.05, 3.63) is 20.7 Å². The summed E-state index contributed by atoms with van der Waals surface area (Å²) in [5.74, 6) is -0.139. The lowest BCUT2D eigenvalue weighted by molar-refractivity contribution is 0.0941. The van der Waals surface area contributed by atoms with Crippen LogP contribution in [-0.2, 0) is 0 Å². The van der Waals surface area contributed by atoms with Crippen LogP contribution in [0.4, 0.5) is 0 Å². The highest BCUT2D eigenvalue weighted by atomic mass is 32.1. The lowest BCUT2D eigenvalue weighted by atomic mass is 10.4. The highest BCUT2D eigenvalue weighted by Crippen LogP contribution is 2.14. The molecule has 0 saturated carbocycles. The third kappa shape index (κ3) is 0.235. The normalized spacial score (nSPS) is 13.8. The van der Waals surface area contributed by atoms with Gasteiger partial charge in [0.1, 0.15) is 4.88 Å². The summed E-state index contributed by atoms with van der Waals surface area (Å²) in [7, 11) is 0. The Kier molecular flexibility index (Phi) is 0.465. The van der Waals surface area contributed by atoms with E-state index >= 15 is 0 Å². The van der Waals surface area contributed by atoms with Gasteiger partial charge in [0.15, 0.2) is 0 Å². The van der Waals surface area contributed by atoms with Gasteiger partial charge in [-0.25, -0.2) is 4.57 Å². The Bertz CT molecular complexity index is 308. The molecule has 0 spiro atoms. The fourth-order valence-corrected chi connectivity index (χ4v) is 1.40. The van der Waals surface area contributed by atoms with Gasteiger partial charge >= 0.3 is 4.87 Å². The van der Waals surface area contributed by atoms with Gasteiger partial charge in [-0.2, -0.15) is 0 Å². The molecule has 0 N–H and O–H groups in total. The molecule has 0 aliphatic carbocycles. The van der Waals surface area contributed by atoms with Gasteiger partial charge in [-0.15, -0.1) is 0 Å². The quantitative estimate of drug-likeness (QED) is 0.496. The molecule has 3 nitrogen and oxygen atoms in total. The second-order valence-electron chi connectivity index (χ2n) is 1.54. The van der Waals surface area contributed by atoms with E-state index in [0.717, 1.165) is 15.9 Å². The van der Waals surface area contributed by atoms with E-state index in [1.165, 1.54) is 0 Å². The van der Waals surface area contributed by atoms with Gasteiger partial charge in [-0.1, -0.05) is 11.3 Å². The first-order chi connectivity index (χ1) is 3.79. The smallest absolute Gasteiger partial charge is 0.267 e. The molecule has 40 valence electrons. The van der Waals surface area contributed by atoms with E-state index in [1.54, 1.807) is 6.20 Å². The number of carbonyl (C=O) groups excluding carboxylic acids is 1. The average molecular weight is 127 g/mol. The number of thiazole rings is 1. The molecule has 2 aliphatic heterocycles. The van der Waals surface area contributed by atoms with Gasteiger partial charge in [0, 0.05) is 6.20 Å². The summed E-state index contributed by atoms with van der Waals surface area (Å²) in [5, 5.41) is 0. The van der Waals surface area contributed by atoms with Crippen LogP contribution in [0.2, 0.25) is 0 Å². The zero-order valence-electron chi connectivity index (χ0n) is 3.75. The third-order valence-electron chi connectivity index (χ3n) is 1.07. The van der Waals surface area contributed by atoms with E-state index < -0.39 is 0 Å². The van der Waals surface area contributed by atoms with Crippen molar-refractivity contribution in [2.45, 2.75) is 0 Å². The van der Waals surface area contributed by atoms with Gasteiger partial charge in [0.05, 0.1) is 0 Å². The molecule has 0 amide bonds. The summed E-state index contributed by atoms with van der Waals surface area (Å²) in [6.07, 6.45) is 1.55. The molecular formula is C4HNO2S. The molecule has 3 rings (SSSR count). The van der Waals surface area contributed by atoms with Crippen LogP contribution >= 0.6 is 11.3 Å².